The maximum Gasteiger partial charge on any atom is 0.299 e. The molecule has 0 saturated heterocycles. The summed E-state index contributed by atoms with van der Waals surface area (Å²) in [5, 5.41) is 13.3. The molecule has 0 unspecified atom stereocenters. The van der Waals surface area contributed by atoms with Gasteiger partial charge in [0.1, 0.15) is 0 Å². The first-order chi connectivity index (χ1) is 12.1. The summed E-state index contributed by atoms with van der Waals surface area (Å²) in [6.07, 6.45) is 0. The highest BCUT2D eigenvalue weighted by Crippen LogP contribution is 2.24. The van der Waals surface area contributed by atoms with E-state index in [0.29, 0.717) is 18.8 Å². The molecule has 1 aromatic heterocycles. The van der Waals surface area contributed by atoms with Crippen LogP contribution in [-0.2, 0) is 6.54 Å². The van der Waals surface area contributed by atoms with Gasteiger partial charge in [0.2, 0.25) is 0 Å². The molecule has 0 aliphatic carbocycles. The summed E-state index contributed by atoms with van der Waals surface area (Å²) in [6.45, 7) is 1.15. The van der Waals surface area contributed by atoms with Gasteiger partial charge in [0.25, 0.3) is 11.0 Å². The van der Waals surface area contributed by atoms with Gasteiger partial charge in [0.15, 0.2) is 0 Å². The monoisotopic (exact) mass is 336 g/mol. The van der Waals surface area contributed by atoms with Gasteiger partial charge >= 0.3 is 0 Å². The predicted molar refractivity (Wildman–Crippen MR) is 97.3 cm³/mol. The molecular weight excluding hydrogens is 316 g/mol. The molecule has 6 nitrogen and oxygen atoms in total. The lowest BCUT2D eigenvalue weighted by Crippen LogP contribution is -2.36. The summed E-state index contributed by atoms with van der Waals surface area (Å²) in [5.41, 5.74) is 1.61. The van der Waals surface area contributed by atoms with Gasteiger partial charge in [-0.25, -0.2) is 4.98 Å². The first-order valence-electron chi connectivity index (χ1n) is 8.04. The molecule has 0 spiro atoms. The fourth-order valence-corrected chi connectivity index (χ4v) is 2.76. The van der Waals surface area contributed by atoms with E-state index in [4.69, 9.17) is 0 Å². The molecule has 3 rings (SSSR count). The van der Waals surface area contributed by atoms with E-state index in [1.165, 1.54) is 0 Å². The Kier molecular flexibility index (Phi) is 4.90. The largest absolute Gasteiger partial charge is 0.409 e. The Bertz CT molecular complexity index is 1010. The van der Waals surface area contributed by atoms with Gasteiger partial charge in [0, 0.05) is 24.0 Å². The van der Waals surface area contributed by atoms with Crippen LogP contribution >= 0.6 is 0 Å². The molecule has 0 bridgehead atoms. The molecule has 0 amide bonds. The standard InChI is InChI=1S/C19H20N4O2/c1-22(2)12-13-23-16-11-7-6-10-15(16)17(14-8-4-3-5-9-14)20-18(21-25)19(23)24/h3-11,25H,12-13H2,1-2H3/b21-18+. The minimum Gasteiger partial charge on any atom is -0.409 e. The number of benzene rings is 2. The van der Waals surface area contributed by atoms with Crippen molar-refractivity contribution in [3.8, 4) is 11.3 Å². The second-order valence-electron chi connectivity index (χ2n) is 6.03. The lowest BCUT2D eigenvalue weighted by molar-refractivity contribution is 0.296. The van der Waals surface area contributed by atoms with E-state index in [2.05, 4.69) is 10.1 Å². The third-order valence-corrected chi connectivity index (χ3v) is 4.02. The van der Waals surface area contributed by atoms with Gasteiger partial charge in [-0.05, 0) is 20.2 Å². The highest BCUT2D eigenvalue weighted by Gasteiger charge is 2.11. The third-order valence-electron chi connectivity index (χ3n) is 4.02. The van der Waals surface area contributed by atoms with Crippen molar-refractivity contribution in [2.75, 3.05) is 20.6 Å². The summed E-state index contributed by atoms with van der Waals surface area (Å²) in [6, 6.07) is 17.2. The molecule has 0 saturated carbocycles. The van der Waals surface area contributed by atoms with Crippen LogP contribution in [0.5, 0.6) is 0 Å². The highest BCUT2D eigenvalue weighted by molar-refractivity contribution is 5.91. The number of rotatable bonds is 4. The Morgan fingerprint density at radius 3 is 2.44 bits per heavy atom. The van der Waals surface area contributed by atoms with Crippen molar-refractivity contribution in [3.63, 3.8) is 0 Å². The van der Waals surface area contributed by atoms with E-state index in [1.807, 2.05) is 73.6 Å². The van der Waals surface area contributed by atoms with Crippen LogP contribution in [0.15, 0.2) is 64.5 Å². The molecule has 1 heterocycles. The van der Waals surface area contributed by atoms with Gasteiger partial charge < -0.3 is 14.7 Å². The van der Waals surface area contributed by atoms with E-state index in [1.54, 1.807) is 4.57 Å². The van der Waals surface area contributed by atoms with Crippen molar-refractivity contribution in [1.82, 2.24) is 14.5 Å². The average Bonchev–Trinajstić information content (AvgIpc) is 2.75. The Morgan fingerprint density at radius 2 is 1.76 bits per heavy atom. The van der Waals surface area contributed by atoms with E-state index >= 15 is 0 Å². The second-order valence-corrected chi connectivity index (χ2v) is 6.03. The molecule has 2 aromatic carbocycles. The molecule has 0 fully saturated rings. The second kappa shape index (κ2) is 7.27. The van der Waals surface area contributed by atoms with Crippen molar-refractivity contribution < 1.29 is 5.21 Å². The first-order valence-corrected chi connectivity index (χ1v) is 8.04. The summed E-state index contributed by atoms with van der Waals surface area (Å²) in [4.78, 5) is 19.2. The Morgan fingerprint density at radius 1 is 1.08 bits per heavy atom. The zero-order valence-electron chi connectivity index (χ0n) is 14.3. The average molecular weight is 336 g/mol. The van der Waals surface area contributed by atoms with Crippen LogP contribution in [0.2, 0.25) is 0 Å². The number of aromatic nitrogens is 2. The van der Waals surface area contributed by atoms with Gasteiger partial charge in [-0.1, -0.05) is 53.7 Å². The number of nitrogens with zero attached hydrogens (tertiary/aromatic N) is 4. The van der Waals surface area contributed by atoms with E-state index < -0.39 is 5.56 Å². The molecule has 1 N–H and O–H groups in total. The van der Waals surface area contributed by atoms with Crippen LogP contribution in [0.3, 0.4) is 0 Å². The first kappa shape index (κ1) is 16.9. The molecule has 0 atom stereocenters. The van der Waals surface area contributed by atoms with Crippen LogP contribution in [0.25, 0.3) is 22.2 Å². The normalized spacial score (nSPS) is 12.0. The fraction of sp³-hybridized carbons (Fsp3) is 0.211. The van der Waals surface area contributed by atoms with Gasteiger partial charge in [-0.15, -0.1) is 0 Å². The zero-order chi connectivity index (χ0) is 17.8. The van der Waals surface area contributed by atoms with Gasteiger partial charge in [-0.3, -0.25) is 4.79 Å². The third kappa shape index (κ3) is 3.44. The molecule has 6 heteroatoms. The summed E-state index contributed by atoms with van der Waals surface area (Å²) >= 11 is 0. The fourth-order valence-electron chi connectivity index (χ4n) is 2.76. The van der Waals surface area contributed by atoms with Crippen molar-refractivity contribution in [1.29, 1.82) is 0 Å². The predicted octanol–water partition coefficient (Wildman–Crippen LogP) is 1.92. The van der Waals surface area contributed by atoms with Crippen LogP contribution in [0.4, 0.5) is 0 Å². The van der Waals surface area contributed by atoms with Crippen LogP contribution in [0.1, 0.15) is 0 Å². The summed E-state index contributed by atoms with van der Waals surface area (Å²) in [5.74, 6) is 0. The minimum atomic E-state index is -0.414. The minimum absolute atomic E-state index is 0.214. The van der Waals surface area contributed by atoms with Crippen molar-refractivity contribution in [2.24, 2.45) is 5.16 Å². The molecular formula is C19H20N4O2. The maximum absolute atomic E-state index is 12.8. The number of hydrogen-bond acceptors (Lipinski definition) is 5. The maximum atomic E-state index is 12.8. The van der Waals surface area contributed by atoms with Gasteiger partial charge in [0.05, 0.1) is 11.2 Å². The Balaban J connectivity index is 2.43. The lowest BCUT2D eigenvalue weighted by Gasteiger charge is -2.12. The number of likely N-dealkylation sites (N-methyl/N-ethyl adjacent to an activating group) is 1. The Labute approximate surface area is 145 Å². The van der Waals surface area contributed by atoms with Crippen LogP contribution < -0.4 is 11.0 Å². The SMILES string of the molecule is CN(C)CCn1c(=O)/c(=N\O)nc(-c2ccccc2)c2ccccc21. The molecule has 0 aliphatic heterocycles. The number of para-hydroxylation sites is 1. The van der Waals surface area contributed by atoms with E-state index in [0.717, 1.165) is 16.5 Å². The van der Waals surface area contributed by atoms with Crippen LogP contribution in [-0.4, -0.2) is 40.3 Å². The van der Waals surface area contributed by atoms with Crippen LogP contribution in [0, 0.1) is 0 Å². The smallest absolute Gasteiger partial charge is 0.299 e. The lowest BCUT2D eigenvalue weighted by atomic mass is 10.1. The number of fused-ring (bicyclic) bond motifs is 1. The van der Waals surface area contributed by atoms with Crippen molar-refractivity contribution in [2.45, 2.75) is 6.54 Å². The summed E-state index contributed by atoms with van der Waals surface area (Å²) in [7, 11) is 3.89. The van der Waals surface area contributed by atoms with Crippen molar-refractivity contribution in [3.05, 3.63) is 70.4 Å². The van der Waals surface area contributed by atoms with Gasteiger partial charge in [-0.2, -0.15) is 0 Å². The topological polar surface area (TPSA) is 70.7 Å². The van der Waals surface area contributed by atoms with E-state index in [-0.39, 0.29) is 5.49 Å². The highest BCUT2D eigenvalue weighted by atomic mass is 16.4. The molecule has 0 aliphatic rings. The summed E-state index contributed by atoms with van der Waals surface area (Å²) < 4.78 is 1.61. The van der Waals surface area contributed by atoms with E-state index in [9.17, 15) is 10.0 Å². The quantitative estimate of drug-likeness (QED) is 0.584. The molecule has 0 radical (unpaired) electrons. The molecule has 3 aromatic rings. The Hall–Kier alpha value is -2.99. The van der Waals surface area contributed by atoms with Crippen molar-refractivity contribution >= 4 is 10.9 Å². The molecule has 128 valence electrons. The molecule has 25 heavy (non-hydrogen) atoms. The number of hydrogen-bond donors (Lipinski definition) is 1. The zero-order valence-corrected chi connectivity index (χ0v) is 14.3.